The van der Waals surface area contributed by atoms with E-state index in [1.165, 1.54) is 11.3 Å². The third-order valence-corrected chi connectivity index (χ3v) is 3.47. The highest BCUT2D eigenvalue weighted by Crippen LogP contribution is 2.30. The van der Waals surface area contributed by atoms with Crippen LogP contribution < -0.4 is 4.74 Å². The number of nitrogens with zero attached hydrogens (tertiary/aromatic N) is 1. The SMILES string of the molecule is COc1ccc(Cl)cc1N=Cc1ccc(Cl)s1. The lowest BCUT2D eigenvalue weighted by atomic mass is 10.3. The summed E-state index contributed by atoms with van der Waals surface area (Å²) in [7, 11) is 1.60. The molecule has 0 N–H and O–H groups in total. The molecule has 2 rings (SSSR count). The van der Waals surface area contributed by atoms with Crippen LogP contribution in [0.1, 0.15) is 4.88 Å². The maximum atomic E-state index is 5.91. The third kappa shape index (κ3) is 3.22. The van der Waals surface area contributed by atoms with Crippen LogP contribution in [0.3, 0.4) is 0 Å². The summed E-state index contributed by atoms with van der Waals surface area (Å²) in [6, 6.07) is 9.06. The maximum Gasteiger partial charge on any atom is 0.144 e. The molecule has 0 radical (unpaired) electrons. The maximum absolute atomic E-state index is 5.91. The molecule has 1 heterocycles. The molecule has 0 bridgehead atoms. The Morgan fingerprint density at radius 3 is 2.71 bits per heavy atom. The molecular formula is C12H9Cl2NOS. The second-order valence-electron chi connectivity index (χ2n) is 3.22. The van der Waals surface area contributed by atoms with E-state index in [9.17, 15) is 0 Å². The molecule has 0 aliphatic rings. The minimum Gasteiger partial charge on any atom is -0.494 e. The highest BCUT2D eigenvalue weighted by atomic mass is 35.5. The molecule has 0 fully saturated rings. The van der Waals surface area contributed by atoms with Crippen molar-refractivity contribution in [1.82, 2.24) is 0 Å². The molecule has 0 amide bonds. The second kappa shape index (κ2) is 5.54. The highest BCUT2D eigenvalue weighted by molar-refractivity contribution is 7.17. The monoisotopic (exact) mass is 285 g/mol. The molecule has 88 valence electrons. The molecule has 0 saturated carbocycles. The van der Waals surface area contributed by atoms with Gasteiger partial charge in [0.05, 0.1) is 11.4 Å². The smallest absolute Gasteiger partial charge is 0.144 e. The van der Waals surface area contributed by atoms with Crippen molar-refractivity contribution < 1.29 is 4.74 Å². The van der Waals surface area contributed by atoms with E-state index < -0.39 is 0 Å². The van der Waals surface area contributed by atoms with E-state index in [-0.39, 0.29) is 0 Å². The van der Waals surface area contributed by atoms with Gasteiger partial charge in [0.2, 0.25) is 0 Å². The van der Waals surface area contributed by atoms with Crippen molar-refractivity contribution in [2.75, 3.05) is 7.11 Å². The van der Waals surface area contributed by atoms with Crippen molar-refractivity contribution in [3.8, 4) is 5.75 Å². The Labute approximate surface area is 113 Å². The first kappa shape index (κ1) is 12.4. The first-order valence-electron chi connectivity index (χ1n) is 4.82. The highest BCUT2D eigenvalue weighted by Gasteiger charge is 2.02. The summed E-state index contributed by atoms with van der Waals surface area (Å²) in [6.07, 6.45) is 1.74. The second-order valence-corrected chi connectivity index (χ2v) is 5.40. The summed E-state index contributed by atoms with van der Waals surface area (Å²) < 4.78 is 5.94. The van der Waals surface area contributed by atoms with Gasteiger partial charge in [-0.3, -0.25) is 4.99 Å². The molecule has 2 aromatic rings. The molecule has 17 heavy (non-hydrogen) atoms. The minimum absolute atomic E-state index is 0.627. The van der Waals surface area contributed by atoms with Crippen LogP contribution in [0.25, 0.3) is 0 Å². The van der Waals surface area contributed by atoms with Crippen LogP contribution in [-0.2, 0) is 0 Å². The van der Waals surface area contributed by atoms with Crippen molar-refractivity contribution in [1.29, 1.82) is 0 Å². The van der Waals surface area contributed by atoms with E-state index in [0.29, 0.717) is 16.5 Å². The fraction of sp³-hybridized carbons (Fsp3) is 0.0833. The average Bonchev–Trinajstić information content (AvgIpc) is 2.73. The summed E-state index contributed by atoms with van der Waals surface area (Å²) in [6.45, 7) is 0. The number of rotatable bonds is 3. The largest absolute Gasteiger partial charge is 0.494 e. The van der Waals surface area contributed by atoms with Gasteiger partial charge in [-0.25, -0.2) is 0 Å². The Morgan fingerprint density at radius 1 is 1.24 bits per heavy atom. The number of benzene rings is 1. The Kier molecular flexibility index (Phi) is 4.05. The van der Waals surface area contributed by atoms with Crippen LogP contribution in [0.15, 0.2) is 35.3 Å². The van der Waals surface area contributed by atoms with Gasteiger partial charge in [0.25, 0.3) is 0 Å². The molecule has 0 unspecified atom stereocenters. The van der Waals surface area contributed by atoms with Gasteiger partial charge in [-0.05, 0) is 30.3 Å². The number of hydrogen-bond donors (Lipinski definition) is 0. The number of methoxy groups -OCH3 is 1. The van der Waals surface area contributed by atoms with Crippen LogP contribution in [-0.4, -0.2) is 13.3 Å². The van der Waals surface area contributed by atoms with E-state index in [1.54, 1.807) is 31.5 Å². The van der Waals surface area contributed by atoms with Crippen LogP contribution in [0, 0.1) is 0 Å². The minimum atomic E-state index is 0.627. The van der Waals surface area contributed by atoms with E-state index in [1.807, 2.05) is 12.1 Å². The van der Waals surface area contributed by atoms with Crippen molar-refractivity contribution >= 4 is 46.4 Å². The lowest BCUT2D eigenvalue weighted by Crippen LogP contribution is -1.83. The Morgan fingerprint density at radius 2 is 2.06 bits per heavy atom. The van der Waals surface area contributed by atoms with E-state index >= 15 is 0 Å². The third-order valence-electron chi connectivity index (χ3n) is 2.07. The van der Waals surface area contributed by atoms with Crippen LogP contribution in [0.4, 0.5) is 5.69 Å². The molecular weight excluding hydrogens is 277 g/mol. The number of aliphatic imine (C=N–C) groups is 1. The molecule has 5 heteroatoms. The van der Waals surface area contributed by atoms with Gasteiger partial charge < -0.3 is 4.74 Å². The quantitative estimate of drug-likeness (QED) is 0.742. The Hall–Kier alpha value is -1.03. The normalized spacial score (nSPS) is 11.0. The van der Waals surface area contributed by atoms with Crippen LogP contribution in [0.5, 0.6) is 5.75 Å². The van der Waals surface area contributed by atoms with Crippen LogP contribution >= 0.6 is 34.5 Å². The molecule has 1 aromatic carbocycles. The molecule has 0 aliphatic carbocycles. The Balaban J connectivity index is 2.28. The fourth-order valence-corrected chi connectivity index (χ4v) is 2.39. The molecule has 0 atom stereocenters. The molecule has 2 nitrogen and oxygen atoms in total. The molecule has 0 spiro atoms. The predicted octanol–water partition coefficient (Wildman–Crippen LogP) is 4.81. The topological polar surface area (TPSA) is 21.6 Å². The van der Waals surface area contributed by atoms with Gasteiger partial charge in [-0.2, -0.15) is 0 Å². The van der Waals surface area contributed by atoms with Crippen molar-refractivity contribution in [2.45, 2.75) is 0 Å². The van der Waals surface area contributed by atoms with Gasteiger partial charge >= 0.3 is 0 Å². The van der Waals surface area contributed by atoms with Gasteiger partial charge in [-0.15, -0.1) is 11.3 Å². The Bertz CT molecular complexity index is 551. The number of hydrogen-bond acceptors (Lipinski definition) is 3. The number of thiophene rings is 1. The summed E-state index contributed by atoms with van der Waals surface area (Å²) in [4.78, 5) is 5.32. The molecule has 0 saturated heterocycles. The van der Waals surface area contributed by atoms with E-state index in [0.717, 1.165) is 9.21 Å². The molecule has 0 aliphatic heterocycles. The standard InChI is InChI=1S/C12H9Cl2NOS/c1-16-11-4-2-8(13)6-10(11)15-7-9-3-5-12(14)17-9/h2-7H,1H3. The number of halogens is 2. The lowest BCUT2D eigenvalue weighted by Gasteiger charge is -2.03. The van der Waals surface area contributed by atoms with Gasteiger partial charge in [-0.1, -0.05) is 23.2 Å². The van der Waals surface area contributed by atoms with Crippen LogP contribution in [0.2, 0.25) is 9.36 Å². The van der Waals surface area contributed by atoms with E-state index in [2.05, 4.69) is 4.99 Å². The van der Waals surface area contributed by atoms with Gasteiger partial charge in [0.1, 0.15) is 11.4 Å². The predicted molar refractivity (Wildman–Crippen MR) is 74.6 cm³/mol. The van der Waals surface area contributed by atoms with Crippen molar-refractivity contribution in [3.63, 3.8) is 0 Å². The van der Waals surface area contributed by atoms with Gasteiger partial charge in [0.15, 0.2) is 0 Å². The van der Waals surface area contributed by atoms with Gasteiger partial charge in [0, 0.05) is 16.1 Å². The zero-order chi connectivity index (χ0) is 12.3. The summed E-state index contributed by atoms with van der Waals surface area (Å²) >= 11 is 13.2. The number of ether oxygens (including phenoxy) is 1. The fourth-order valence-electron chi connectivity index (χ4n) is 1.29. The lowest BCUT2D eigenvalue weighted by molar-refractivity contribution is 0.416. The summed E-state index contributed by atoms with van der Waals surface area (Å²) in [5, 5.41) is 0.627. The van der Waals surface area contributed by atoms with Crippen molar-refractivity contribution in [2.24, 2.45) is 4.99 Å². The first-order valence-corrected chi connectivity index (χ1v) is 6.39. The summed E-state index contributed by atoms with van der Waals surface area (Å²) in [5.41, 5.74) is 0.699. The zero-order valence-corrected chi connectivity index (χ0v) is 11.3. The van der Waals surface area contributed by atoms with E-state index in [4.69, 9.17) is 27.9 Å². The molecule has 1 aromatic heterocycles. The zero-order valence-electron chi connectivity index (χ0n) is 8.98. The van der Waals surface area contributed by atoms with Crippen molar-refractivity contribution in [3.05, 3.63) is 44.6 Å². The summed E-state index contributed by atoms with van der Waals surface area (Å²) in [5.74, 6) is 0.688. The first-order chi connectivity index (χ1) is 8.19. The average molecular weight is 286 g/mol.